The van der Waals surface area contributed by atoms with Crippen molar-refractivity contribution in [2.45, 2.75) is 32.4 Å². The largest absolute Gasteiger partial charge is 0.390 e. The molecule has 1 aliphatic heterocycles. The first-order valence-electron chi connectivity index (χ1n) is 10.4. The van der Waals surface area contributed by atoms with Crippen LogP contribution in [0.15, 0.2) is 24.3 Å². The molecule has 1 N–H and O–H groups in total. The summed E-state index contributed by atoms with van der Waals surface area (Å²) in [5, 5.41) is 20.1. The molecule has 0 spiro atoms. The topological polar surface area (TPSA) is 88.8 Å². The number of nitrogens with one attached hydrogen (secondary N) is 1. The molecule has 0 saturated carbocycles. The van der Waals surface area contributed by atoms with E-state index in [-0.39, 0.29) is 18.4 Å². The van der Waals surface area contributed by atoms with E-state index >= 15 is 0 Å². The van der Waals surface area contributed by atoms with Crippen LogP contribution in [-0.2, 0) is 11.8 Å². The second-order valence-electron chi connectivity index (χ2n) is 8.10. The third-order valence-corrected chi connectivity index (χ3v) is 5.86. The number of fused-ring (bicyclic) bond motifs is 1. The van der Waals surface area contributed by atoms with Gasteiger partial charge in [0.25, 0.3) is 0 Å². The van der Waals surface area contributed by atoms with Gasteiger partial charge in [-0.3, -0.25) is 4.79 Å². The molecule has 8 nitrogen and oxygen atoms in total. The summed E-state index contributed by atoms with van der Waals surface area (Å²) >= 11 is 0. The molecule has 4 rings (SSSR count). The molecule has 0 unspecified atom stereocenters. The lowest BCUT2D eigenvalue weighted by Crippen LogP contribution is -2.39. The van der Waals surface area contributed by atoms with E-state index in [0.29, 0.717) is 37.3 Å². The van der Waals surface area contributed by atoms with Gasteiger partial charge in [0.05, 0.1) is 11.9 Å². The van der Waals surface area contributed by atoms with Crippen LogP contribution < -0.4 is 5.32 Å². The van der Waals surface area contributed by atoms with E-state index < -0.39 is 12.6 Å². The van der Waals surface area contributed by atoms with Crippen molar-refractivity contribution in [2.24, 2.45) is 13.0 Å². The molecule has 3 heterocycles. The second-order valence-corrected chi connectivity index (χ2v) is 8.10. The SMILES string of the molecule is Cc1nnc(-c2ccc3nnc(NC(=O)C4CCN(CCC(F)(F)F)CC4)cc3c2)n1C. The number of rotatable bonds is 5. The number of benzene rings is 1. The highest BCUT2D eigenvalue weighted by atomic mass is 19.4. The maximum absolute atomic E-state index is 12.7. The maximum atomic E-state index is 12.7. The van der Waals surface area contributed by atoms with Crippen LogP contribution in [0.25, 0.3) is 22.3 Å². The van der Waals surface area contributed by atoms with Crippen LogP contribution in [0.5, 0.6) is 0 Å². The fourth-order valence-corrected chi connectivity index (χ4v) is 3.84. The summed E-state index contributed by atoms with van der Waals surface area (Å²) in [7, 11) is 1.89. The summed E-state index contributed by atoms with van der Waals surface area (Å²) in [5.74, 6) is 1.42. The van der Waals surface area contributed by atoms with Crippen LogP contribution in [0.4, 0.5) is 19.0 Å². The highest BCUT2D eigenvalue weighted by Gasteiger charge is 2.30. The summed E-state index contributed by atoms with van der Waals surface area (Å²) in [5.41, 5.74) is 1.56. The van der Waals surface area contributed by atoms with E-state index in [2.05, 4.69) is 25.7 Å². The Bertz CT molecular complexity index is 1120. The van der Waals surface area contributed by atoms with Crippen molar-refractivity contribution in [1.29, 1.82) is 0 Å². The molecule has 11 heteroatoms. The summed E-state index contributed by atoms with van der Waals surface area (Å²) in [4.78, 5) is 14.4. The van der Waals surface area contributed by atoms with Gasteiger partial charge < -0.3 is 14.8 Å². The highest BCUT2D eigenvalue weighted by Crippen LogP contribution is 2.25. The molecule has 3 aromatic rings. The lowest BCUT2D eigenvalue weighted by Gasteiger charge is -2.31. The molecule has 1 amide bonds. The maximum Gasteiger partial charge on any atom is 0.390 e. The van der Waals surface area contributed by atoms with Gasteiger partial charge in [0.1, 0.15) is 5.82 Å². The molecular formula is C21H24F3N7O. The number of likely N-dealkylation sites (tertiary alicyclic amines) is 1. The molecule has 1 aliphatic rings. The Morgan fingerprint density at radius 1 is 1.12 bits per heavy atom. The van der Waals surface area contributed by atoms with E-state index in [4.69, 9.17) is 0 Å². The fourth-order valence-electron chi connectivity index (χ4n) is 3.84. The van der Waals surface area contributed by atoms with Crippen LogP contribution in [0.2, 0.25) is 0 Å². The Morgan fingerprint density at radius 3 is 2.53 bits per heavy atom. The van der Waals surface area contributed by atoms with E-state index in [1.807, 2.05) is 36.7 Å². The number of alkyl halides is 3. The number of amides is 1. The monoisotopic (exact) mass is 447 g/mol. The lowest BCUT2D eigenvalue weighted by atomic mass is 9.96. The van der Waals surface area contributed by atoms with Gasteiger partial charge in [0.2, 0.25) is 5.91 Å². The average Bonchev–Trinajstić information content (AvgIpc) is 3.10. The second kappa shape index (κ2) is 8.81. The number of anilines is 1. The van der Waals surface area contributed by atoms with Crippen molar-refractivity contribution in [2.75, 3.05) is 25.0 Å². The van der Waals surface area contributed by atoms with Crippen molar-refractivity contribution in [3.63, 3.8) is 0 Å². The van der Waals surface area contributed by atoms with Crippen LogP contribution in [0, 0.1) is 12.8 Å². The third kappa shape index (κ3) is 5.04. The molecule has 170 valence electrons. The van der Waals surface area contributed by atoms with Crippen LogP contribution in [0.3, 0.4) is 0 Å². The molecule has 1 saturated heterocycles. The van der Waals surface area contributed by atoms with Crippen molar-refractivity contribution >= 4 is 22.6 Å². The normalized spacial score (nSPS) is 15.9. The number of hydrogen-bond acceptors (Lipinski definition) is 6. The zero-order valence-corrected chi connectivity index (χ0v) is 17.9. The molecule has 32 heavy (non-hydrogen) atoms. The van der Waals surface area contributed by atoms with Gasteiger partial charge in [-0.15, -0.1) is 20.4 Å². The van der Waals surface area contributed by atoms with Crippen molar-refractivity contribution in [1.82, 2.24) is 29.9 Å². The first kappa shape index (κ1) is 22.1. The number of halogens is 3. The number of piperidine rings is 1. The minimum atomic E-state index is -4.16. The van der Waals surface area contributed by atoms with Gasteiger partial charge in [0.15, 0.2) is 11.6 Å². The Morgan fingerprint density at radius 2 is 1.88 bits per heavy atom. The van der Waals surface area contributed by atoms with E-state index in [9.17, 15) is 18.0 Å². The first-order chi connectivity index (χ1) is 15.2. The molecule has 2 aromatic heterocycles. The predicted molar refractivity (Wildman–Crippen MR) is 113 cm³/mol. The molecule has 0 radical (unpaired) electrons. The smallest absolute Gasteiger partial charge is 0.314 e. The molecule has 0 atom stereocenters. The fraction of sp³-hybridized carbons (Fsp3) is 0.476. The van der Waals surface area contributed by atoms with Gasteiger partial charge in [-0.05, 0) is 57.1 Å². The van der Waals surface area contributed by atoms with E-state index in [1.165, 1.54) is 0 Å². The number of nitrogens with zero attached hydrogens (tertiary/aromatic N) is 6. The predicted octanol–water partition coefficient (Wildman–Crippen LogP) is 3.34. The molecule has 0 bridgehead atoms. The van der Waals surface area contributed by atoms with Crippen molar-refractivity contribution in [3.05, 3.63) is 30.1 Å². The molecule has 0 aliphatic carbocycles. The number of carbonyl (C=O) groups is 1. The van der Waals surface area contributed by atoms with Gasteiger partial charge in [-0.2, -0.15) is 13.2 Å². The van der Waals surface area contributed by atoms with Crippen LogP contribution >= 0.6 is 0 Å². The summed E-state index contributed by atoms with van der Waals surface area (Å²) in [6, 6.07) is 7.41. The van der Waals surface area contributed by atoms with Gasteiger partial charge in [0, 0.05) is 30.5 Å². The van der Waals surface area contributed by atoms with E-state index in [1.54, 1.807) is 11.0 Å². The molecule has 1 fully saturated rings. The summed E-state index contributed by atoms with van der Waals surface area (Å²) in [6.45, 7) is 2.79. The zero-order valence-electron chi connectivity index (χ0n) is 17.9. The standard InChI is InChI=1S/C21H24F3N7O/c1-13-26-29-19(30(13)2)15-3-4-17-16(11-15)12-18(28-27-17)25-20(32)14-5-8-31(9-6-14)10-7-21(22,23)24/h3-4,11-12,14H,5-10H2,1-2H3,(H,25,28,32). The Kier molecular flexibility index (Phi) is 6.09. The number of aromatic nitrogens is 5. The Balaban J connectivity index is 1.41. The van der Waals surface area contributed by atoms with E-state index in [0.717, 1.165) is 22.6 Å². The molecular weight excluding hydrogens is 423 g/mol. The van der Waals surface area contributed by atoms with Gasteiger partial charge in [-0.1, -0.05) is 0 Å². The number of hydrogen-bond donors (Lipinski definition) is 1. The average molecular weight is 447 g/mol. The van der Waals surface area contributed by atoms with Crippen molar-refractivity contribution < 1.29 is 18.0 Å². The minimum Gasteiger partial charge on any atom is -0.314 e. The summed E-state index contributed by atoms with van der Waals surface area (Å²) in [6.07, 6.45) is -3.96. The number of carbonyl (C=O) groups excluding carboxylic acids is 1. The first-order valence-corrected chi connectivity index (χ1v) is 10.4. The third-order valence-electron chi connectivity index (χ3n) is 5.86. The Labute approximate surface area is 182 Å². The number of aryl methyl sites for hydroxylation is 1. The molecule has 1 aromatic carbocycles. The van der Waals surface area contributed by atoms with Crippen LogP contribution in [-0.4, -0.2) is 61.6 Å². The highest BCUT2D eigenvalue weighted by molar-refractivity contribution is 5.94. The lowest BCUT2D eigenvalue weighted by molar-refractivity contribution is -0.139. The van der Waals surface area contributed by atoms with Gasteiger partial charge >= 0.3 is 6.18 Å². The minimum absolute atomic E-state index is 0.0264. The zero-order chi connectivity index (χ0) is 22.9. The van der Waals surface area contributed by atoms with Crippen LogP contribution in [0.1, 0.15) is 25.1 Å². The quantitative estimate of drug-likeness (QED) is 0.646. The Hall–Kier alpha value is -3.08. The summed E-state index contributed by atoms with van der Waals surface area (Å²) < 4.78 is 39.1. The van der Waals surface area contributed by atoms with Crippen molar-refractivity contribution in [3.8, 4) is 11.4 Å². The van der Waals surface area contributed by atoms with Gasteiger partial charge in [-0.25, -0.2) is 0 Å².